The lowest BCUT2D eigenvalue weighted by Crippen LogP contribution is -2.35. The van der Waals surface area contributed by atoms with Crippen molar-refractivity contribution in [2.24, 2.45) is 0 Å². The Morgan fingerprint density at radius 2 is 2.06 bits per heavy atom. The molecule has 1 atom stereocenters. The number of phenols is 1. The zero-order chi connectivity index (χ0) is 13.2. The van der Waals surface area contributed by atoms with Crippen molar-refractivity contribution in [2.75, 3.05) is 6.54 Å². The minimum atomic E-state index is 0.0000861. The molecule has 0 aliphatic carbocycles. The molecule has 100 valence electrons. The molecule has 0 radical (unpaired) electrons. The van der Waals surface area contributed by atoms with Crippen molar-refractivity contribution in [1.82, 2.24) is 5.32 Å². The zero-order valence-electron chi connectivity index (χ0n) is 11.8. The average Bonchev–Trinajstić information content (AvgIpc) is 2.32. The summed E-state index contributed by atoms with van der Waals surface area (Å²) in [5, 5.41) is 14.0. The number of benzene rings is 1. The van der Waals surface area contributed by atoms with Gasteiger partial charge < -0.3 is 10.4 Å². The summed E-state index contributed by atoms with van der Waals surface area (Å²) in [5.41, 5.74) is 2.14. The van der Waals surface area contributed by atoms with Crippen molar-refractivity contribution < 1.29 is 5.11 Å². The van der Waals surface area contributed by atoms with Crippen LogP contribution in [0.3, 0.4) is 0 Å². The molecule has 1 aliphatic rings. The summed E-state index contributed by atoms with van der Waals surface area (Å²) in [6.45, 7) is 7.55. The first kappa shape index (κ1) is 13.4. The second-order valence-electron chi connectivity index (χ2n) is 6.41. The Morgan fingerprint density at radius 3 is 2.67 bits per heavy atom. The van der Waals surface area contributed by atoms with Crippen LogP contribution in [-0.4, -0.2) is 17.7 Å². The van der Waals surface area contributed by atoms with Gasteiger partial charge in [0.25, 0.3) is 0 Å². The highest BCUT2D eigenvalue weighted by Gasteiger charge is 2.21. The van der Waals surface area contributed by atoms with E-state index in [1.165, 1.54) is 19.3 Å². The summed E-state index contributed by atoms with van der Waals surface area (Å²) in [6, 6.07) is 6.69. The molecule has 1 unspecified atom stereocenters. The van der Waals surface area contributed by atoms with Gasteiger partial charge in [-0.2, -0.15) is 0 Å². The summed E-state index contributed by atoms with van der Waals surface area (Å²) in [5.74, 6) is 0.498. The summed E-state index contributed by atoms with van der Waals surface area (Å²) < 4.78 is 0. The Bertz CT molecular complexity index is 400. The second kappa shape index (κ2) is 5.31. The van der Waals surface area contributed by atoms with Crippen LogP contribution in [0.1, 0.15) is 51.2 Å². The maximum atomic E-state index is 10.4. The number of nitrogens with one attached hydrogen (secondary N) is 1. The van der Waals surface area contributed by atoms with Gasteiger partial charge >= 0.3 is 0 Å². The fraction of sp³-hybridized carbons (Fsp3) is 0.625. The number of rotatable bonds is 2. The van der Waals surface area contributed by atoms with Crippen LogP contribution in [-0.2, 0) is 11.8 Å². The monoisotopic (exact) mass is 247 g/mol. The van der Waals surface area contributed by atoms with E-state index in [9.17, 15) is 5.11 Å². The van der Waals surface area contributed by atoms with Crippen molar-refractivity contribution in [3.63, 3.8) is 0 Å². The van der Waals surface area contributed by atoms with Gasteiger partial charge in [-0.3, -0.25) is 0 Å². The molecule has 1 aromatic rings. The highest BCUT2D eigenvalue weighted by Crippen LogP contribution is 2.33. The van der Waals surface area contributed by atoms with Gasteiger partial charge in [0.1, 0.15) is 5.75 Å². The van der Waals surface area contributed by atoms with Crippen LogP contribution in [0.25, 0.3) is 0 Å². The molecule has 0 saturated carbocycles. The fourth-order valence-corrected chi connectivity index (χ4v) is 2.72. The molecule has 1 saturated heterocycles. The predicted molar refractivity (Wildman–Crippen MR) is 76.2 cm³/mol. The van der Waals surface area contributed by atoms with E-state index < -0.39 is 0 Å². The third-order valence-electron chi connectivity index (χ3n) is 3.81. The van der Waals surface area contributed by atoms with Crippen molar-refractivity contribution in [1.29, 1.82) is 0 Å². The second-order valence-corrected chi connectivity index (χ2v) is 6.41. The molecular formula is C16H25NO. The van der Waals surface area contributed by atoms with E-state index in [0.717, 1.165) is 24.1 Å². The van der Waals surface area contributed by atoms with E-state index in [2.05, 4.69) is 38.2 Å². The largest absolute Gasteiger partial charge is 0.507 e. The van der Waals surface area contributed by atoms with Gasteiger partial charge in [-0.15, -0.1) is 0 Å². The molecule has 0 amide bonds. The van der Waals surface area contributed by atoms with Gasteiger partial charge in [0.15, 0.2) is 0 Å². The molecule has 18 heavy (non-hydrogen) atoms. The molecule has 2 heteroatoms. The molecular weight excluding hydrogens is 222 g/mol. The van der Waals surface area contributed by atoms with E-state index in [1.54, 1.807) is 0 Å². The number of phenolic OH excluding ortho intramolecular Hbond substituents is 1. The SMILES string of the molecule is CC(C)(C)c1cccc(CC2CCCCN2)c1O. The molecule has 0 aromatic heterocycles. The number of piperidine rings is 1. The maximum absolute atomic E-state index is 10.4. The van der Waals surface area contributed by atoms with E-state index in [1.807, 2.05) is 6.07 Å². The molecule has 1 aromatic carbocycles. The van der Waals surface area contributed by atoms with Gasteiger partial charge in [-0.1, -0.05) is 45.4 Å². The normalized spacial score (nSPS) is 20.9. The molecule has 2 nitrogen and oxygen atoms in total. The number of aromatic hydroxyl groups is 1. The fourth-order valence-electron chi connectivity index (χ4n) is 2.72. The van der Waals surface area contributed by atoms with Crippen LogP contribution in [0.15, 0.2) is 18.2 Å². The van der Waals surface area contributed by atoms with Gasteiger partial charge in [-0.05, 0) is 42.3 Å². The minimum absolute atomic E-state index is 0.0000861. The standard InChI is InChI=1S/C16H25NO/c1-16(2,3)14-9-6-7-12(15(14)18)11-13-8-4-5-10-17-13/h6-7,9,13,17-18H,4-5,8,10-11H2,1-3H3. The minimum Gasteiger partial charge on any atom is -0.507 e. The quantitative estimate of drug-likeness (QED) is 0.839. The molecule has 1 aliphatic heterocycles. The first-order valence-electron chi connectivity index (χ1n) is 7.03. The van der Waals surface area contributed by atoms with Gasteiger partial charge in [0.05, 0.1) is 0 Å². The van der Waals surface area contributed by atoms with Crippen molar-refractivity contribution >= 4 is 0 Å². The lowest BCUT2D eigenvalue weighted by atomic mass is 9.84. The first-order chi connectivity index (χ1) is 8.48. The summed E-state index contributed by atoms with van der Waals surface area (Å²) in [4.78, 5) is 0. The predicted octanol–water partition coefficient (Wildman–Crippen LogP) is 3.37. The smallest absolute Gasteiger partial charge is 0.122 e. The Hall–Kier alpha value is -1.02. The van der Waals surface area contributed by atoms with Crippen LogP contribution >= 0.6 is 0 Å². The van der Waals surface area contributed by atoms with E-state index >= 15 is 0 Å². The van der Waals surface area contributed by atoms with Crippen molar-refractivity contribution in [2.45, 2.75) is 57.9 Å². The van der Waals surface area contributed by atoms with Crippen LogP contribution in [0, 0.1) is 0 Å². The van der Waals surface area contributed by atoms with Crippen LogP contribution in [0.5, 0.6) is 5.75 Å². The third kappa shape index (κ3) is 3.05. The highest BCUT2D eigenvalue weighted by molar-refractivity contribution is 5.44. The van der Waals surface area contributed by atoms with Crippen LogP contribution in [0.2, 0.25) is 0 Å². The maximum Gasteiger partial charge on any atom is 0.122 e. The van der Waals surface area contributed by atoms with E-state index in [0.29, 0.717) is 11.8 Å². The summed E-state index contributed by atoms with van der Waals surface area (Å²) in [7, 11) is 0. The molecule has 0 bridgehead atoms. The highest BCUT2D eigenvalue weighted by atomic mass is 16.3. The molecule has 1 heterocycles. The number of hydrogen-bond donors (Lipinski definition) is 2. The van der Waals surface area contributed by atoms with Crippen LogP contribution in [0.4, 0.5) is 0 Å². The Balaban J connectivity index is 2.18. The van der Waals surface area contributed by atoms with Crippen molar-refractivity contribution in [3.8, 4) is 5.75 Å². The number of hydrogen-bond acceptors (Lipinski definition) is 2. The van der Waals surface area contributed by atoms with Crippen LogP contribution < -0.4 is 5.32 Å². The lowest BCUT2D eigenvalue weighted by molar-refractivity contribution is 0.388. The third-order valence-corrected chi connectivity index (χ3v) is 3.81. The van der Waals surface area contributed by atoms with Gasteiger partial charge in [0, 0.05) is 6.04 Å². The molecule has 0 spiro atoms. The first-order valence-corrected chi connectivity index (χ1v) is 7.03. The zero-order valence-corrected chi connectivity index (χ0v) is 11.8. The lowest BCUT2D eigenvalue weighted by Gasteiger charge is -2.26. The van der Waals surface area contributed by atoms with Gasteiger partial charge in [-0.25, -0.2) is 0 Å². The summed E-state index contributed by atoms with van der Waals surface area (Å²) in [6.07, 6.45) is 4.75. The Kier molecular flexibility index (Phi) is 3.96. The Morgan fingerprint density at radius 1 is 1.28 bits per heavy atom. The van der Waals surface area contributed by atoms with E-state index in [-0.39, 0.29) is 5.41 Å². The molecule has 2 N–H and O–H groups in total. The topological polar surface area (TPSA) is 32.3 Å². The van der Waals surface area contributed by atoms with Crippen molar-refractivity contribution in [3.05, 3.63) is 29.3 Å². The van der Waals surface area contributed by atoms with E-state index in [4.69, 9.17) is 0 Å². The molecule has 1 fully saturated rings. The molecule has 2 rings (SSSR count). The number of para-hydroxylation sites is 1. The van der Waals surface area contributed by atoms with Gasteiger partial charge in [0.2, 0.25) is 0 Å². The Labute approximate surface area is 110 Å². The summed E-state index contributed by atoms with van der Waals surface area (Å²) >= 11 is 0. The average molecular weight is 247 g/mol.